The molecule has 0 spiro atoms. The third-order valence-corrected chi connectivity index (χ3v) is 4.19. The number of aryl methyl sites for hydroxylation is 1. The number of aromatic nitrogens is 1. The van der Waals surface area contributed by atoms with E-state index in [0.717, 1.165) is 51.0 Å². The molecule has 0 bridgehead atoms. The van der Waals surface area contributed by atoms with Gasteiger partial charge in [0, 0.05) is 38.9 Å². The van der Waals surface area contributed by atoms with Crippen molar-refractivity contribution in [3.05, 3.63) is 29.6 Å². The van der Waals surface area contributed by atoms with Crippen LogP contribution in [0.25, 0.3) is 0 Å². The third-order valence-electron chi connectivity index (χ3n) is 4.19. The molecular formula is C19H33N5O. The van der Waals surface area contributed by atoms with Crippen LogP contribution in [0.5, 0.6) is 0 Å². The molecule has 1 aromatic heterocycles. The van der Waals surface area contributed by atoms with Crippen LogP contribution in [-0.2, 0) is 11.3 Å². The Morgan fingerprint density at radius 3 is 3.00 bits per heavy atom. The summed E-state index contributed by atoms with van der Waals surface area (Å²) >= 11 is 0. The fourth-order valence-corrected chi connectivity index (χ4v) is 2.98. The predicted octanol–water partition coefficient (Wildman–Crippen LogP) is 1.80. The average molecular weight is 348 g/mol. The van der Waals surface area contributed by atoms with Gasteiger partial charge in [-0.25, -0.2) is 4.99 Å². The van der Waals surface area contributed by atoms with E-state index in [9.17, 15) is 0 Å². The van der Waals surface area contributed by atoms with E-state index in [1.165, 1.54) is 5.56 Å². The summed E-state index contributed by atoms with van der Waals surface area (Å²) in [6.07, 6.45) is 2.02. The third kappa shape index (κ3) is 7.00. The van der Waals surface area contributed by atoms with Crippen LogP contribution in [0, 0.1) is 12.8 Å². The van der Waals surface area contributed by atoms with Crippen molar-refractivity contribution in [1.29, 1.82) is 0 Å². The Kier molecular flexibility index (Phi) is 8.15. The first kappa shape index (κ1) is 19.7. The van der Waals surface area contributed by atoms with E-state index in [1.54, 1.807) is 0 Å². The number of pyridine rings is 1. The predicted molar refractivity (Wildman–Crippen MR) is 103 cm³/mol. The summed E-state index contributed by atoms with van der Waals surface area (Å²) < 4.78 is 5.90. The molecule has 140 valence electrons. The summed E-state index contributed by atoms with van der Waals surface area (Å²) in [7, 11) is 0. The highest BCUT2D eigenvalue weighted by Gasteiger charge is 2.21. The van der Waals surface area contributed by atoms with Crippen molar-refractivity contribution in [1.82, 2.24) is 20.5 Å². The molecule has 1 fully saturated rings. The van der Waals surface area contributed by atoms with Gasteiger partial charge in [0.25, 0.3) is 0 Å². The Morgan fingerprint density at radius 1 is 1.44 bits per heavy atom. The van der Waals surface area contributed by atoms with E-state index in [2.05, 4.69) is 59.3 Å². The van der Waals surface area contributed by atoms with Gasteiger partial charge < -0.3 is 15.4 Å². The van der Waals surface area contributed by atoms with E-state index in [1.807, 2.05) is 12.3 Å². The Balaban J connectivity index is 1.86. The smallest absolute Gasteiger partial charge is 0.191 e. The van der Waals surface area contributed by atoms with Gasteiger partial charge in [-0.3, -0.25) is 9.88 Å². The van der Waals surface area contributed by atoms with Gasteiger partial charge in [-0.15, -0.1) is 0 Å². The van der Waals surface area contributed by atoms with Crippen LogP contribution < -0.4 is 10.6 Å². The monoisotopic (exact) mass is 347 g/mol. The first-order valence-electron chi connectivity index (χ1n) is 9.35. The van der Waals surface area contributed by atoms with Crippen molar-refractivity contribution in [2.45, 2.75) is 40.3 Å². The van der Waals surface area contributed by atoms with Gasteiger partial charge in [0.15, 0.2) is 5.96 Å². The number of morpholine rings is 1. The van der Waals surface area contributed by atoms with E-state index < -0.39 is 0 Å². The van der Waals surface area contributed by atoms with Gasteiger partial charge in [0.05, 0.1) is 24.9 Å². The largest absolute Gasteiger partial charge is 0.374 e. The number of hydrogen-bond acceptors (Lipinski definition) is 4. The molecule has 0 amide bonds. The second-order valence-corrected chi connectivity index (χ2v) is 6.99. The van der Waals surface area contributed by atoms with Gasteiger partial charge >= 0.3 is 0 Å². The fraction of sp³-hybridized carbons (Fsp3) is 0.684. The second kappa shape index (κ2) is 10.4. The average Bonchev–Trinajstić information content (AvgIpc) is 2.58. The van der Waals surface area contributed by atoms with E-state index in [-0.39, 0.29) is 6.10 Å². The standard InChI is InChI=1S/C19H33N5O/c1-5-20-19(23-12-18-16(4)7-6-8-21-18)22-11-17-14-24(9-10-25-17)13-15(2)3/h6-8,15,17H,5,9-14H2,1-4H3,(H2,20,22,23). The lowest BCUT2D eigenvalue weighted by Crippen LogP contribution is -2.50. The molecule has 25 heavy (non-hydrogen) atoms. The lowest BCUT2D eigenvalue weighted by molar-refractivity contribution is -0.0284. The van der Waals surface area contributed by atoms with Crippen LogP contribution in [-0.4, -0.2) is 61.3 Å². The van der Waals surface area contributed by atoms with Crippen LogP contribution in [0.1, 0.15) is 32.0 Å². The molecule has 1 unspecified atom stereocenters. The summed E-state index contributed by atoms with van der Waals surface area (Å²) in [5, 5.41) is 6.71. The minimum Gasteiger partial charge on any atom is -0.374 e. The highest BCUT2D eigenvalue weighted by molar-refractivity contribution is 5.79. The number of nitrogens with one attached hydrogen (secondary N) is 2. The summed E-state index contributed by atoms with van der Waals surface area (Å²) in [6, 6.07) is 4.02. The van der Waals surface area contributed by atoms with Crippen LogP contribution in [0.3, 0.4) is 0 Å². The van der Waals surface area contributed by atoms with Crippen LogP contribution >= 0.6 is 0 Å². The molecule has 1 aliphatic rings. The topological polar surface area (TPSA) is 61.8 Å². The number of rotatable bonds is 7. The quantitative estimate of drug-likeness (QED) is 0.582. The maximum Gasteiger partial charge on any atom is 0.191 e. The molecule has 1 aliphatic heterocycles. The molecule has 0 radical (unpaired) electrons. The zero-order chi connectivity index (χ0) is 18.1. The molecule has 0 aliphatic carbocycles. The lowest BCUT2D eigenvalue weighted by atomic mass is 10.2. The number of aliphatic imine (C=N–C) groups is 1. The first-order chi connectivity index (χ1) is 12.1. The van der Waals surface area contributed by atoms with Gasteiger partial charge in [0.1, 0.15) is 0 Å². The van der Waals surface area contributed by atoms with Crippen molar-refractivity contribution in [2.75, 3.05) is 39.3 Å². The van der Waals surface area contributed by atoms with Gasteiger partial charge in [0.2, 0.25) is 0 Å². The fourth-order valence-electron chi connectivity index (χ4n) is 2.98. The van der Waals surface area contributed by atoms with Crippen molar-refractivity contribution >= 4 is 5.96 Å². The molecule has 0 saturated carbocycles. The minimum absolute atomic E-state index is 0.202. The summed E-state index contributed by atoms with van der Waals surface area (Å²) in [4.78, 5) is 11.6. The molecular weight excluding hydrogens is 314 g/mol. The molecule has 2 N–H and O–H groups in total. The number of hydrogen-bond donors (Lipinski definition) is 2. The maximum absolute atomic E-state index is 5.90. The van der Waals surface area contributed by atoms with E-state index in [0.29, 0.717) is 12.5 Å². The van der Waals surface area contributed by atoms with Crippen molar-refractivity contribution in [3.63, 3.8) is 0 Å². The SMILES string of the molecule is CCNC(=NCc1ncccc1C)NCC1CN(CC(C)C)CCO1. The lowest BCUT2D eigenvalue weighted by Gasteiger charge is -2.34. The molecule has 1 saturated heterocycles. The summed E-state index contributed by atoms with van der Waals surface area (Å²) in [6.45, 7) is 14.8. The Labute approximate surface area is 152 Å². The molecule has 2 rings (SSSR count). The van der Waals surface area contributed by atoms with Crippen LogP contribution in [0.15, 0.2) is 23.3 Å². The Morgan fingerprint density at radius 2 is 2.28 bits per heavy atom. The molecule has 1 atom stereocenters. The van der Waals surface area contributed by atoms with Crippen molar-refractivity contribution in [2.24, 2.45) is 10.9 Å². The number of nitrogens with zero attached hydrogens (tertiary/aromatic N) is 3. The van der Waals surface area contributed by atoms with Crippen LogP contribution in [0.2, 0.25) is 0 Å². The van der Waals surface area contributed by atoms with Crippen molar-refractivity contribution < 1.29 is 4.74 Å². The highest BCUT2D eigenvalue weighted by Crippen LogP contribution is 2.08. The van der Waals surface area contributed by atoms with Crippen LogP contribution in [0.4, 0.5) is 0 Å². The molecule has 6 nitrogen and oxygen atoms in total. The number of guanidine groups is 1. The first-order valence-corrected chi connectivity index (χ1v) is 9.35. The minimum atomic E-state index is 0.202. The Bertz CT molecular complexity index is 546. The second-order valence-electron chi connectivity index (χ2n) is 6.99. The Hall–Kier alpha value is -1.66. The van der Waals surface area contributed by atoms with Crippen molar-refractivity contribution in [3.8, 4) is 0 Å². The zero-order valence-corrected chi connectivity index (χ0v) is 16.1. The van der Waals surface area contributed by atoms with E-state index in [4.69, 9.17) is 4.74 Å². The normalized spacial score (nSPS) is 19.2. The molecule has 0 aromatic carbocycles. The summed E-state index contributed by atoms with van der Waals surface area (Å²) in [5.41, 5.74) is 2.18. The van der Waals surface area contributed by atoms with Gasteiger partial charge in [-0.05, 0) is 31.4 Å². The van der Waals surface area contributed by atoms with Gasteiger partial charge in [-0.1, -0.05) is 19.9 Å². The number of ether oxygens (including phenoxy) is 1. The maximum atomic E-state index is 5.90. The van der Waals surface area contributed by atoms with Gasteiger partial charge in [-0.2, -0.15) is 0 Å². The molecule has 1 aromatic rings. The highest BCUT2D eigenvalue weighted by atomic mass is 16.5. The molecule has 6 heteroatoms. The van der Waals surface area contributed by atoms with E-state index >= 15 is 0 Å². The molecule has 2 heterocycles. The summed E-state index contributed by atoms with van der Waals surface area (Å²) in [5.74, 6) is 1.50. The zero-order valence-electron chi connectivity index (χ0n) is 16.1.